The van der Waals surface area contributed by atoms with Crippen LogP contribution in [0.15, 0.2) is 0 Å². The number of hydrogen-bond acceptors (Lipinski definition) is 6. The van der Waals surface area contributed by atoms with E-state index in [9.17, 15) is 25.3 Å². The first-order valence-electron chi connectivity index (χ1n) is 3.11. The van der Waals surface area contributed by atoms with Crippen molar-refractivity contribution in [1.82, 2.24) is 15.0 Å². The third-order valence-corrected chi connectivity index (χ3v) is 2.79. The summed E-state index contributed by atoms with van der Waals surface area (Å²) >= 11 is 0. The number of rotatable bonds is 0. The maximum absolute atomic E-state index is 10.5. The second kappa shape index (κ2) is 5.53. The Morgan fingerprint density at radius 1 is 0.562 bits per heavy atom. The molecule has 0 bridgehead atoms. The average Bonchev–Trinajstić information content (AvgIpc) is 2.16. The lowest BCUT2D eigenvalue weighted by molar-refractivity contribution is 0.621. The van der Waals surface area contributed by atoms with Crippen molar-refractivity contribution in [2.24, 2.45) is 0 Å². The van der Waals surface area contributed by atoms with Crippen LogP contribution in [0.3, 0.4) is 0 Å². The Morgan fingerprint density at radius 2 is 0.750 bits per heavy atom. The molecule has 0 atom stereocenters. The largest absolute Gasteiger partial charge is 0.302 e. The molecule has 1 aromatic heterocycles. The van der Waals surface area contributed by atoms with Gasteiger partial charge in [0.25, 0.3) is 30.9 Å². The predicted molar refractivity (Wildman–Crippen MR) is 52.7 cm³/mol. The minimum absolute atomic E-state index is 0. The van der Waals surface area contributed by atoms with E-state index < -0.39 is 45.2 Å². The first kappa shape index (κ1) is 14.5. The lowest BCUT2D eigenvalue weighted by atomic mass is 11.1. The normalized spacial score (nSPS) is 9.00. The molecule has 0 saturated carbocycles. The van der Waals surface area contributed by atoms with E-state index in [1.807, 2.05) is 15.0 Å². The molecule has 0 amide bonds. The molecule has 0 spiro atoms. The van der Waals surface area contributed by atoms with Gasteiger partial charge in [-0.1, -0.05) is 7.43 Å². The van der Waals surface area contributed by atoms with Crippen LogP contribution in [0.25, 0.3) is 0 Å². The Labute approximate surface area is 93.0 Å². The second-order valence-electron chi connectivity index (χ2n) is 2.07. The van der Waals surface area contributed by atoms with Crippen LogP contribution in [-0.4, -0.2) is 40.2 Å². The van der Waals surface area contributed by atoms with E-state index in [1.165, 1.54) is 0 Å². The molecule has 0 aliphatic heterocycles. The molecule has 0 aromatic carbocycles. The summed E-state index contributed by atoms with van der Waals surface area (Å²) in [6.45, 7) is 0. The van der Waals surface area contributed by atoms with E-state index in [4.69, 9.17) is 0 Å². The number of H-pyrrole nitrogens is 3. The van der Waals surface area contributed by atoms with Crippen molar-refractivity contribution < 1.29 is 25.3 Å². The number of hydrogen-bond donors (Lipinski definition) is 3. The highest BCUT2D eigenvalue weighted by Crippen LogP contribution is 1.76. The summed E-state index contributed by atoms with van der Waals surface area (Å²) in [6.07, 6.45) is 0. The van der Waals surface area contributed by atoms with Crippen molar-refractivity contribution in [1.29, 1.82) is 0 Å². The van der Waals surface area contributed by atoms with E-state index in [0.717, 1.165) is 0 Å². The minimum atomic E-state index is -2.81. The summed E-state index contributed by atoms with van der Waals surface area (Å²) in [4.78, 5) is 5.79. The summed E-state index contributed by atoms with van der Waals surface area (Å²) in [7, 11) is -8.43. The van der Waals surface area contributed by atoms with Crippen LogP contribution in [0.4, 0.5) is 0 Å². The maximum atomic E-state index is 10.5. The highest BCUT2D eigenvalue weighted by atomic mass is 32.2. The smallest absolute Gasteiger partial charge is 0.256 e. The van der Waals surface area contributed by atoms with Gasteiger partial charge in [-0.3, -0.25) is 0 Å². The monoisotopic (exact) mass is 289 g/mol. The van der Waals surface area contributed by atoms with Gasteiger partial charge in [-0.15, -0.1) is 0 Å². The van der Waals surface area contributed by atoms with Crippen LogP contribution < -0.4 is 0 Å². The van der Waals surface area contributed by atoms with E-state index in [2.05, 4.69) is 0 Å². The fraction of sp³-hybridized carbons (Fsp3) is 0.250. The Morgan fingerprint density at radius 3 is 0.875 bits per heavy atom. The minimum Gasteiger partial charge on any atom is -0.302 e. The number of aromatic amines is 3. The number of nitrogens with one attached hydrogen (secondary N) is 3. The topological polar surface area (TPSA) is 150 Å². The summed E-state index contributed by atoms with van der Waals surface area (Å²) in [5, 5.41) is 0. The quantitative estimate of drug-likeness (QED) is 0.497. The molecule has 0 unspecified atom stereocenters. The summed E-state index contributed by atoms with van der Waals surface area (Å²) in [5.74, 6) is 0. The van der Waals surface area contributed by atoms with Gasteiger partial charge < -0.3 is 15.0 Å². The van der Waals surface area contributed by atoms with Gasteiger partial charge in [0.15, 0.2) is 0 Å². The van der Waals surface area contributed by atoms with E-state index >= 15 is 0 Å². The second-order valence-corrected chi connectivity index (χ2v) is 4.70. The third-order valence-electron chi connectivity index (χ3n) is 1.18. The van der Waals surface area contributed by atoms with E-state index in [1.54, 1.807) is 0 Å². The Kier molecular flexibility index (Phi) is 5.00. The average molecular weight is 289 g/mol. The van der Waals surface area contributed by atoms with Crippen LogP contribution in [0, 0.1) is 14.3 Å². The zero-order chi connectivity index (χ0) is 11.6. The molecule has 12 heteroatoms. The molecule has 0 aliphatic rings. The molecule has 1 heterocycles. The predicted octanol–water partition coefficient (Wildman–Crippen LogP) is -1.46. The highest BCUT2D eigenvalue weighted by Gasteiger charge is 1.90. The highest BCUT2D eigenvalue weighted by molar-refractivity contribution is 7.64. The zero-order valence-electron chi connectivity index (χ0n) is 6.67. The van der Waals surface area contributed by atoms with Crippen LogP contribution in [-0.2, 0) is 30.9 Å². The fourth-order valence-electron chi connectivity index (χ4n) is 0.653. The van der Waals surface area contributed by atoms with Crippen molar-refractivity contribution in [2.75, 3.05) is 0 Å². The molecule has 0 aliphatic carbocycles. The van der Waals surface area contributed by atoms with Crippen molar-refractivity contribution in [3.8, 4) is 0 Å². The summed E-state index contributed by atoms with van der Waals surface area (Å²) < 4.78 is 60.8. The Bertz CT molecular complexity index is 735. The standard InChI is InChI=1S/C3H3N3O6S3.CH4/c7-13(8)1-4-2(14(9)10)6-3(5-1)15(11)12;/h4-6H;1H4. The third kappa shape index (κ3) is 3.25. The fourth-order valence-corrected chi connectivity index (χ4v) is 1.96. The van der Waals surface area contributed by atoms with Gasteiger partial charge in [-0.25, -0.2) is 0 Å². The lowest BCUT2D eigenvalue weighted by Crippen LogP contribution is -1.94. The molecular weight excluding hydrogens is 282 g/mol. The molecule has 1 rings (SSSR count). The summed E-state index contributed by atoms with van der Waals surface area (Å²) in [6, 6.07) is 0. The summed E-state index contributed by atoms with van der Waals surface area (Å²) in [5.41, 5.74) is 0. The molecule has 16 heavy (non-hydrogen) atoms. The molecule has 92 valence electrons. The van der Waals surface area contributed by atoms with Crippen molar-refractivity contribution in [2.45, 2.75) is 7.43 Å². The Balaban J connectivity index is 0.00000225. The molecule has 0 saturated heterocycles. The van der Waals surface area contributed by atoms with Gasteiger partial charge in [0.1, 0.15) is 0 Å². The number of aromatic nitrogens is 3. The van der Waals surface area contributed by atoms with Gasteiger partial charge in [-0.2, -0.15) is 25.3 Å². The van der Waals surface area contributed by atoms with Crippen LogP contribution in [0.1, 0.15) is 7.43 Å². The van der Waals surface area contributed by atoms with Gasteiger partial charge in [0.05, 0.1) is 0 Å². The molecule has 3 N–H and O–H groups in total. The first-order valence-corrected chi connectivity index (χ1v) is 6.34. The van der Waals surface area contributed by atoms with E-state index in [-0.39, 0.29) is 7.43 Å². The molecular formula is C4H7N3O6S3. The van der Waals surface area contributed by atoms with Gasteiger partial charge in [0.2, 0.25) is 14.3 Å². The molecule has 1 aromatic rings. The molecule has 0 radical (unpaired) electrons. The van der Waals surface area contributed by atoms with E-state index in [0.29, 0.717) is 0 Å². The van der Waals surface area contributed by atoms with Gasteiger partial charge in [0, 0.05) is 0 Å². The van der Waals surface area contributed by atoms with Crippen LogP contribution >= 0.6 is 0 Å². The Hall–Kier alpha value is -1.53. The van der Waals surface area contributed by atoms with Crippen molar-refractivity contribution >= 4 is 30.9 Å². The molecule has 0 fully saturated rings. The van der Waals surface area contributed by atoms with Crippen LogP contribution in [0.5, 0.6) is 0 Å². The van der Waals surface area contributed by atoms with Gasteiger partial charge in [-0.05, 0) is 0 Å². The lowest BCUT2D eigenvalue weighted by Gasteiger charge is -1.84. The zero-order valence-corrected chi connectivity index (χ0v) is 9.12. The molecule has 9 nitrogen and oxygen atoms in total. The van der Waals surface area contributed by atoms with Gasteiger partial charge >= 0.3 is 0 Å². The SMILES string of the molecule is C.O=S(=O)=c1[nH]c(=S(=O)=O)[nH]c(=S(=O)=O)[nH]1. The van der Waals surface area contributed by atoms with Crippen LogP contribution in [0.2, 0.25) is 0 Å². The van der Waals surface area contributed by atoms with Crippen molar-refractivity contribution in [3.63, 3.8) is 0 Å². The maximum Gasteiger partial charge on any atom is 0.256 e. The first-order chi connectivity index (χ1) is 6.91. The van der Waals surface area contributed by atoms with Crippen molar-refractivity contribution in [3.05, 3.63) is 14.3 Å².